The van der Waals surface area contributed by atoms with Crippen LogP contribution in [0, 0.1) is 5.92 Å². The minimum atomic E-state index is -1.24. The topological polar surface area (TPSA) is 136 Å². The van der Waals surface area contributed by atoms with Crippen molar-refractivity contribution >= 4 is 17.8 Å². The van der Waals surface area contributed by atoms with Gasteiger partial charge in [0.1, 0.15) is 17.8 Å². The third-order valence-electron chi connectivity index (χ3n) is 4.51. The van der Waals surface area contributed by atoms with Crippen LogP contribution in [0.5, 0.6) is 5.75 Å². The van der Waals surface area contributed by atoms with Crippen LogP contribution in [0.15, 0.2) is 24.3 Å². The van der Waals surface area contributed by atoms with Gasteiger partial charge in [0.25, 0.3) is 0 Å². The van der Waals surface area contributed by atoms with Crippen molar-refractivity contribution in [3.63, 3.8) is 0 Å². The Morgan fingerprint density at radius 1 is 0.966 bits per heavy atom. The maximum Gasteiger partial charge on any atom is 0.326 e. The van der Waals surface area contributed by atoms with E-state index < -0.39 is 30.6 Å². The van der Waals surface area contributed by atoms with Gasteiger partial charge in [0.15, 0.2) is 0 Å². The first-order valence-electron chi connectivity index (χ1n) is 9.94. The van der Waals surface area contributed by atoms with E-state index in [4.69, 9.17) is 0 Å². The molecule has 2 amide bonds. The van der Waals surface area contributed by atoms with Crippen LogP contribution in [0.4, 0.5) is 0 Å². The number of carboxylic acid groups (broad SMARTS) is 1. The summed E-state index contributed by atoms with van der Waals surface area (Å²) < 4.78 is 0. The van der Waals surface area contributed by atoms with Crippen LogP contribution in [-0.4, -0.2) is 51.8 Å². The zero-order valence-electron chi connectivity index (χ0n) is 17.1. The van der Waals surface area contributed by atoms with Crippen LogP contribution in [0.2, 0.25) is 0 Å². The first-order chi connectivity index (χ1) is 13.7. The Kier molecular flexibility index (Phi) is 10.8. The fraction of sp³-hybridized carbons (Fsp3) is 0.571. The van der Waals surface area contributed by atoms with Crippen LogP contribution in [-0.2, 0) is 20.8 Å². The lowest BCUT2D eigenvalue weighted by Gasteiger charge is -2.20. The molecule has 0 saturated carbocycles. The van der Waals surface area contributed by atoms with Gasteiger partial charge < -0.3 is 26.0 Å². The van der Waals surface area contributed by atoms with Gasteiger partial charge in [0.2, 0.25) is 11.8 Å². The van der Waals surface area contributed by atoms with E-state index in [0.717, 1.165) is 19.3 Å². The number of rotatable bonds is 13. The van der Waals surface area contributed by atoms with E-state index in [1.54, 1.807) is 12.1 Å². The highest BCUT2D eigenvalue weighted by molar-refractivity contribution is 5.90. The molecular weight excluding hydrogens is 376 g/mol. The Labute approximate surface area is 171 Å². The molecule has 0 aliphatic rings. The fourth-order valence-electron chi connectivity index (χ4n) is 2.82. The molecular formula is C21H32N2O6. The molecule has 2 unspecified atom stereocenters. The molecule has 0 saturated heterocycles. The van der Waals surface area contributed by atoms with Crippen LogP contribution < -0.4 is 10.6 Å². The third-order valence-corrected chi connectivity index (χ3v) is 4.51. The number of hydrogen-bond donors (Lipinski definition) is 5. The van der Waals surface area contributed by atoms with Gasteiger partial charge >= 0.3 is 5.97 Å². The SMILES string of the molecule is CC(C)CCCCCC(=O)NC(CO)C(=O)NC(Cc1ccc(O)cc1)C(=O)O. The standard InChI is InChI=1S/C21H32N2O6/c1-14(2)6-4-3-5-7-19(26)22-18(13-24)20(27)23-17(21(28)29)12-15-8-10-16(25)11-9-15/h8-11,14,17-18,24-25H,3-7,12-13H2,1-2H3,(H,22,26)(H,23,27)(H,28,29). The zero-order valence-corrected chi connectivity index (χ0v) is 17.1. The van der Waals surface area contributed by atoms with Crippen LogP contribution in [0.1, 0.15) is 51.5 Å². The summed E-state index contributed by atoms with van der Waals surface area (Å²) in [5.41, 5.74) is 0.612. The Hall–Kier alpha value is -2.61. The predicted octanol–water partition coefficient (Wildman–Crippen LogP) is 1.59. The lowest BCUT2D eigenvalue weighted by Crippen LogP contribution is -2.53. The first kappa shape index (κ1) is 24.4. The predicted molar refractivity (Wildman–Crippen MR) is 108 cm³/mol. The molecule has 8 nitrogen and oxygen atoms in total. The second-order valence-electron chi connectivity index (χ2n) is 7.57. The molecule has 8 heteroatoms. The third kappa shape index (κ3) is 9.94. The molecule has 0 radical (unpaired) electrons. The van der Waals surface area contributed by atoms with Gasteiger partial charge in [0.05, 0.1) is 6.61 Å². The maximum absolute atomic E-state index is 12.3. The highest BCUT2D eigenvalue weighted by atomic mass is 16.4. The lowest BCUT2D eigenvalue weighted by atomic mass is 10.0. The Morgan fingerprint density at radius 3 is 2.17 bits per heavy atom. The number of nitrogens with one attached hydrogen (secondary N) is 2. The number of aliphatic hydroxyl groups excluding tert-OH is 1. The molecule has 1 aromatic carbocycles. The molecule has 1 rings (SSSR count). The average molecular weight is 408 g/mol. The quantitative estimate of drug-likeness (QED) is 0.315. The number of carbonyl (C=O) groups is 3. The van der Waals surface area contributed by atoms with Gasteiger partial charge in [-0.3, -0.25) is 9.59 Å². The van der Waals surface area contributed by atoms with Gasteiger partial charge in [-0.15, -0.1) is 0 Å². The van der Waals surface area contributed by atoms with Gasteiger partial charge in [-0.2, -0.15) is 0 Å². The van der Waals surface area contributed by atoms with E-state index in [1.807, 2.05) is 0 Å². The molecule has 162 valence electrons. The summed E-state index contributed by atoms with van der Waals surface area (Å²) in [5, 5.41) is 32.9. The molecule has 2 atom stereocenters. The Balaban J connectivity index is 2.52. The number of benzene rings is 1. The number of amides is 2. The van der Waals surface area contributed by atoms with E-state index in [1.165, 1.54) is 12.1 Å². The molecule has 0 spiro atoms. The van der Waals surface area contributed by atoms with E-state index in [0.29, 0.717) is 17.9 Å². The number of phenols is 1. The molecule has 0 aliphatic carbocycles. The van der Waals surface area contributed by atoms with Crippen molar-refractivity contribution < 1.29 is 29.7 Å². The first-order valence-corrected chi connectivity index (χ1v) is 9.94. The van der Waals surface area contributed by atoms with Crippen LogP contribution in [0.25, 0.3) is 0 Å². The molecule has 0 fully saturated rings. The van der Waals surface area contributed by atoms with Crippen LogP contribution in [0.3, 0.4) is 0 Å². The highest BCUT2D eigenvalue weighted by Gasteiger charge is 2.26. The van der Waals surface area contributed by atoms with E-state index in [2.05, 4.69) is 24.5 Å². The summed E-state index contributed by atoms with van der Waals surface area (Å²) in [4.78, 5) is 35.8. The molecule has 0 aromatic heterocycles. The Morgan fingerprint density at radius 2 is 1.62 bits per heavy atom. The second kappa shape index (κ2) is 12.8. The minimum Gasteiger partial charge on any atom is -0.508 e. The van der Waals surface area contributed by atoms with Crippen molar-refractivity contribution in [3.8, 4) is 5.75 Å². The van der Waals surface area contributed by atoms with Crippen molar-refractivity contribution in [2.24, 2.45) is 5.92 Å². The number of aliphatic hydroxyl groups is 1. The lowest BCUT2D eigenvalue weighted by molar-refractivity contribution is -0.142. The monoisotopic (exact) mass is 408 g/mol. The Bertz CT molecular complexity index is 660. The molecule has 0 bridgehead atoms. The number of aliphatic carboxylic acids is 1. The normalized spacial score (nSPS) is 13.0. The average Bonchev–Trinajstić information content (AvgIpc) is 2.66. The number of aromatic hydroxyl groups is 1. The number of carboxylic acids is 1. The molecule has 1 aromatic rings. The van der Waals surface area contributed by atoms with E-state index in [-0.39, 0.29) is 24.5 Å². The van der Waals surface area contributed by atoms with Crippen molar-refractivity contribution in [2.45, 2.75) is 64.5 Å². The smallest absolute Gasteiger partial charge is 0.326 e. The highest BCUT2D eigenvalue weighted by Crippen LogP contribution is 2.12. The summed E-state index contributed by atoms with van der Waals surface area (Å²) in [6.45, 7) is 3.66. The zero-order chi connectivity index (χ0) is 21.8. The minimum absolute atomic E-state index is 0.00327. The van der Waals surface area contributed by atoms with Gasteiger partial charge in [-0.05, 0) is 30.0 Å². The van der Waals surface area contributed by atoms with Crippen molar-refractivity contribution in [1.82, 2.24) is 10.6 Å². The number of carbonyl (C=O) groups excluding carboxylic acids is 2. The van der Waals surface area contributed by atoms with Gasteiger partial charge in [0, 0.05) is 12.8 Å². The van der Waals surface area contributed by atoms with Gasteiger partial charge in [-0.25, -0.2) is 4.79 Å². The summed E-state index contributed by atoms with van der Waals surface area (Å²) in [6, 6.07) is 3.53. The van der Waals surface area contributed by atoms with Crippen molar-refractivity contribution in [2.75, 3.05) is 6.61 Å². The molecule has 29 heavy (non-hydrogen) atoms. The second-order valence-corrected chi connectivity index (χ2v) is 7.57. The molecule has 0 heterocycles. The number of hydrogen-bond acceptors (Lipinski definition) is 5. The largest absolute Gasteiger partial charge is 0.508 e. The summed E-state index contributed by atoms with van der Waals surface area (Å²) in [5.74, 6) is -1.67. The van der Waals surface area contributed by atoms with Crippen molar-refractivity contribution in [3.05, 3.63) is 29.8 Å². The summed E-state index contributed by atoms with van der Waals surface area (Å²) in [7, 11) is 0. The van der Waals surface area contributed by atoms with E-state index in [9.17, 15) is 29.7 Å². The van der Waals surface area contributed by atoms with E-state index >= 15 is 0 Å². The summed E-state index contributed by atoms with van der Waals surface area (Å²) >= 11 is 0. The molecule has 0 aliphatic heterocycles. The fourth-order valence-corrected chi connectivity index (χ4v) is 2.82. The number of phenolic OH excluding ortho intramolecular Hbond substituents is 1. The van der Waals surface area contributed by atoms with Crippen LogP contribution >= 0.6 is 0 Å². The maximum atomic E-state index is 12.3. The molecule has 5 N–H and O–H groups in total. The summed E-state index contributed by atoms with van der Waals surface area (Å²) in [6.07, 6.45) is 3.99. The number of unbranched alkanes of at least 4 members (excludes halogenated alkanes) is 2. The van der Waals surface area contributed by atoms with Crippen molar-refractivity contribution in [1.29, 1.82) is 0 Å². The van der Waals surface area contributed by atoms with Gasteiger partial charge in [-0.1, -0.05) is 45.2 Å².